The highest BCUT2D eigenvalue weighted by Gasteiger charge is 2.25. The lowest BCUT2D eigenvalue weighted by atomic mass is 10.1. The van der Waals surface area contributed by atoms with E-state index in [0.717, 1.165) is 11.3 Å². The van der Waals surface area contributed by atoms with Gasteiger partial charge in [-0.3, -0.25) is 9.59 Å². The van der Waals surface area contributed by atoms with Crippen LogP contribution in [-0.4, -0.2) is 36.4 Å². The fourth-order valence-corrected chi connectivity index (χ4v) is 2.87. The van der Waals surface area contributed by atoms with Crippen molar-refractivity contribution in [3.63, 3.8) is 0 Å². The number of para-hydroxylation sites is 1. The second-order valence-corrected chi connectivity index (χ2v) is 6.58. The summed E-state index contributed by atoms with van der Waals surface area (Å²) >= 11 is 6.23. The maximum Gasteiger partial charge on any atom is 0.242 e. The van der Waals surface area contributed by atoms with Crippen LogP contribution in [0.15, 0.2) is 54.6 Å². The molecule has 2 aromatic carbocycles. The van der Waals surface area contributed by atoms with E-state index in [9.17, 15) is 9.59 Å². The lowest BCUT2D eigenvalue weighted by Crippen LogP contribution is -2.46. The Hall–Kier alpha value is -2.53. The monoisotopic (exact) mass is 388 g/mol. The molecule has 6 heteroatoms. The van der Waals surface area contributed by atoms with Crippen molar-refractivity contribution in [3.8, 4) is 5.75 Å². The van der Waals surface area contributed by atoms with Gasteiger partial charge in [0.2, 0.25) is 11.8 Å². The van der Waals surface area contributed by atoms with Gasteiger partial charge in [0.05, 0.1) is 6.61 Å². The second kappa shape index (κ2) is 10.6. The Balaban J connectivity index is 1.98. The summed E-state index contributed by atoms with van der Waals surface area (Å²) in [6.45, 7) is 2.44. The minimum absolute atomic E-state index is 0.109. The normalized spacial score (nSPS) is 11.5. The molecule has 5 nitrogen and oxygen atoms in total. The van der Waals surface area contributed by atoms with Crippen LogP contribution in [0.5, 0.6) is 5.75 Å². The first-order chi connectivity index (χ1) is 13.0. The van der Waals surface area contributed by atoms with Gasteiger partial charge in [0, 0.05) is 25.0 Å². The largest absolute Gasteiger partial charge is 0.494 e. The lowest BCUT2D eigenvalue weighted by Gasteiger charge is -2.28. The summed E-state index contributed by atoms with van der Waals surface area (Å²) in [5.41, 5.74) is 0.809. The van der Waals surface area contributed by atoms with E-state index >= 15 is 0 Å². The number of amides is 2. The zero-order valence-corrected chi connectivity index (χ0v) is 16.4. The minimum atomic E-state index is -0.589. The number of nitrogens with one attached hydrogen (secondary N) is 1. The van der Waals surface area contributed by atoms with Crippen LogP contribution in [0.1, 0.15) is 25.3 Å². The molecule has 0 aromatic heterocycles. The first-order valence-corrected chi connectivity index (χ1v) is 9.33. The summed E-state index contributed by atoms with van der Waals surface area (Å²) in [7, 11) is 1.56. The maximum absolute atomic E-state index is 12.8. The molecule has 27 heavy (non-hydrogen) atoms. The fraction of sp³-hybridized carbons (Fsp3) is 0.333. The smallest absolute Gasteiger partial charge is 0.242 e. The zero-order chi connectivity index (χ0) is 19.6. The van der Waals surface area contributed by atoms with E-state index < -0.39 is 6.04 Å². The van der Waals surface area contributed by atoms with Crippen LogP contribution < -0.4 is 10.1 Å². The molecule has 0 radical (unpaired) electrons. The Morgan fingerprint density at radius 3 is 2.44 bits per heavy atom. The molecular weight excluding hydrogens is 364 g/mol. The second-order valence-electron chi connectivity index (χ2n) is 6.17. The van der Waals surface area contributed by atoms with E-state index in [1.54, 1.807) is 24.9 Å². The SMILES string of the molecule is CNC(=O)[C@@H](C)N(Cc1ccccc1Cl)C(=O)CCCOc1ccccc1. The molecule has 0 heterocycles. The van der Waals surface area contributed by atoms with Gasteiger partial charge < -0.3 is 15.0 Å². The molecule has 1 N–H and O–H groups in total. The molecule has 0 saturated heterocycles. The number of halogens is 1. The molecule has 0 aliphatic heterocycles. The number of ether oxygens (including phenoxy) is 1. The first kappa shape index (κ1) is 20.8. The van der Waals surface area contributed by atoms with Crippen molar-refractivity contribution in [2.24, 2.45) is 0 Å². The molecule has 2 rings (SSSR count). The van der Waals surface area contributed by atoms with Crippen molar-refractivity contribution in [1.29, 1.82) is 0 Å². The molecule has 2 amide bonds. The third-order valence-electron chi connectivity index (χ3n) is 4.26. The molecule has 0 aliphatic rings. The Labute approximate surface area is 165 Å². The number of carbonyl (C=O) groups excluding carboxylic acids is 2. The van der Waals surface area contributed by atoms with E-state index in [4.69, 9.17) is 16.3 Å². The molecule has 1 atom stereocenters. The van der Waals surface area contributed by atoms with Gasteiger partial charge >= 0.3 is 0 Å². The molecule has 2 aromatic rings. The van der Waals surface area contributed by atoms with E-state index in [2.05, 4.69) is 5.32 Å². The number of benzene rings is 2. The third-order valence-corrected chi connectivity index (χ3v) is 4.63. The predicted octanol–water partition coefficient (Wildman–Crippen LogP) is 3.66. The first-order valence-electron chi connectivity index (χ1n) is 8.95. The number of hydrogen-bond acceptors (Lipinski definition) is 3. The van der Waals surface area contributed by atoms with Gasteiger partial charge in [-0.1, -0.05) is 48.0 Å². The zero-order valence-electron chi connectivity index (χ0n) is 15.7. The average molecular weight is 389 g/mol. The van der Waals surface area contributed by atoms with Gasteiger partial charge in [0.25, 0.3) is 0 Å². The van der Waals surface area contributed by atoms with Gasteiger partial charge in [0.1, 0.15) is 11.8 Å². The number of hydrogen-bond donors (Lipinski definition) is 1. The van der Waals surface area contributed by atoms with Crippen molar-refractivity contribution in [1.82, 2.24) is 10.2 Å². The van der Waals surface area contributed by atoms with Crippen molar-refractivity contribution in [2.75, 3.05) is 13.7 Å². The fourth-order valence-electron chi connectivity index (χ4n) is 2.68. The van der Waals surface area contributed by atoms with Crippen molar-refractivity contribution in [3.05, 3.63) is 65.2 Å². The van der Waals surface area contributed by atoms with Crippen LogP contribution in [0.25, 0.3) is 0 Å². The maximum atomic E-state index is 12.8. The standard InChI is InChI=1S/C21H25ClN2O3/c1-16(21(26)23-2)24(15-17-9-6-7-12-19(17)22)20(25)13-8-14-27-18-10-4-3-5-11-18/h3-7,9-12,16H,8,13-15H2,1-2H3,(H,23,26)/t16-/m1/s1. The van der Waals surface area contributed by atoms with Crippen molar-refractivity contribution < 1.29 is 14.3 Å². The van der Waals surface area contributed by atoms with Gasteiger partial charge in [-0.2, -0.15) is 0 Å². The van der Waals surface area contributed by atoms with Crippen LogP contribution in [0.4, 0.5) is 0 Å². The molecule has 144 valence electrons. The number of nitrogens with zero attached hydrogens (tertiary/aromatic N) is 1. The predicted molar refractivity (Wildman–Crippen MR) is 107 cm³/mol. The van der Waals surface area contributed by atoms with Crippen LogP contribution in [-0.2, 0) is 16.1 Å². The Morgan fingerprint density at radius 1 is 1.11 bits per heavy atom. The number of likely N-dealkylation sites (N-methyl/N-ethyl adjacent to an activating group) is 1. The molecule has 0 aliphatic carbocycles. The Kier molecular flexibility index (Phi) is 8.14. The van der Waals surface area contributed by atoms with Gasteiger partial charge in [-0.15, -0.1) is 0 Å². The van der Waals surface area contributed by atoms with Crippen LogP contribution in [0.2, 0.25) is 5.02 Å². The molecule has 0 spiro atoms. The van der Waals surface area contributed by atoms with E-state index in [1.807, 2.05) is 48.5 Å². The van der Waals surface area contributed by atoms with E-state index in [0.29, 0.717) is 24.5 Å². The highest BCUT2D eigenvalue weighted by atomic mass is 35.5. The minimum Gasteiger partial charge on any atom is -0.494 e. The molecular formula is C21H25ClN2O3. The lowest BCUT2D eigenvalue weighted by molar-refractivity contribution is -0.140. The Bertz CT molecular complexity index is 752. The number of rotatable bonds is 9. The summed E-state index contributed by atoms with van der Waals surface area (Å²) in [6.07, 6.45) is 0.853. The van der Waals surface area contributed by atoms with Gasteiger partial charge in [-0.05, 0) is 37.1 Å². The van der Waals surface area contributed by atoms with Crippen LogP contribution in [0.3, 0.4) is 0 Å². The summed E-state index contributed by atoms with van der Waals surface area (Å²) < 4.78 is 5.63. The van der Waals surface area contributed by atoms with E-state index in [-0.39, 0.29) is 18.4 Å². The summed E-state index contributed by atoms with van der Waals surface area (Å²) in [6, 6.07) is 16.2. The van der Waals surface area contributed by atoms with E-state index in [1.165, 1.54) is 0 Å². The van der Waals surface area contributed by atoms with Crippen LogP contribution in [0, 0.1) is 0 Å². The average Bonchev–Trinajstić information content (AvgIpc) is 2.70. The topological polar surface area (TPSA) is 58.6 Å². The summed E-state index contributed by atoms with van der Waals surface area (Å²) in [5.74, 6) is 0.454. The third kappa shape index (κ3) is 6.29. The van der Waals surface area contributed by atoms with Crippen molar-refractivity contribution in [2.45, 2.75) is 32.4 Å². The molecule has 0 fully saturated rings. The summed E-state index contributed by atoms with van der Waals surface area (Å²) in [5, 5.41) is 3.17. The highest BCUT2D eigenvalue weighted by molar-refractivity contribution is 6.31. The number of carbonyl (C=O) groups is 2. The van der Waals surface area contributed by atoms with Crippen LogP contribution >= 0.6 is 11.6 Å². The molecule has 0 bridgehead atoms. The summed E-state index contributed by atoms with van der Waals surface area (Å²) in [4.78, 5) is 26.4. The highest BCUT2D eigenvalue weighted by Crippen LogP contribution is 2.19. The quantitative estimate of drug-likeness (QED) is 0.667. The Morgan fingerprint density at radius 2 is 1.78 bits per heavy atom. The van der Waals surface area contributed by atoms with Gasteiger partial charge in [0.15, 0.2) is 0 Å². The molecule has 0 saturated carbocycles. The molecule has 0 unspecified atom stereocenters. The van der Waals surface area contributed by atoms with Gasteiger partial charge in [-0.25, -0.2) is 0 Å². The van der Waals surface area contributed by atoms with Crippen molar-refractivity contribution >= 4 is 23.4 Å².